The predicted molar refractivity (Wildman–Crippen MR) is 67.6 cm³/mol. The van der Waals surface area contributed by atoms with Crippen molar-refractivity contribution in [2.24, 2.45) is 27.5 Å². The quantitative estimate of drug-likeness (QED) is 0.622. The lowest BCUT2D eigenvalue weighted by molar-refractivity contribution is 0.164. The third-order valence-corrected chi connectivity index (χ3v) is 4.47. The van der Waals surface area contributed by atoms with Gasteiger partial charge in [0.2, 0.25) is 0 Å². The van der Waals surface area contributed by atoms with E-state index in [-0.39, 0.29) is 0 Å². The van der Waals surface area contributed by atoms with E-state index in [1.165, 1.54) is 19.3 Å². The summed E-state index contributed by atoms with van der Waals surface area (Å²) in [5.41, 5.74) is 1.93. The van der Waals surface area contributed by atoms with Crippen LogP contribution in [0.2, 0.25) is 0 Å². The molecule has 0 bridgehead atoms. The van der Waals surface area contributed by atoms with Crippen LogP contribution < -0.4 is 0 Å². The second kappa shape index (κ2) is 4.31. The monoisotopic (exact) mass is 220 g/mol. The van der Waals surface area contributed by atoms with E-state index in [0.29, 0.717) is 23.3 Å². The average molecular weight is 220 g/mol. The Morgan fingerprint density at radius 1 is 1.44 bits per heavy atom. The fraction of sp³-hybridized carbons (Fsp3) is 0.857. The van der Waals surface area contributed by atoms with E-state index in [1.807, 2.05) is 0 Å². The van der Waals surface area contributed by atoms with Crippen LogP contribution in [-0.2, 0) is 0 Å². The molecule has 3 unspecified atom stereocenters. The van der Waals surface area contributed by atoms with Gasteiger partial charge in [-0.15, -0.1) is 0 Å². The second-order valence-electron chi connectivity index (χ2n) is 6.05. The molecule has 0 N–H and O–H groups in total. The van der Waals surface area contributed by atoms with Gasteiger partial charge in [-0.25, -0.2) is 0 Å². The first-order chi connectivity index (χ1) is 7.56. The fourth-order valence-electron chi connectivity index (χ4n) is 3.46. The summed E-state index contributed by atoms with van der Waals surface area (Å²) in [6, 6.07) is 0.441. The van der Waals surface area contributed by atoms with E-state index in [2.05, 4.69) is 44.0 Å². The van der Waals surface area contributed by atoms with Crippen LogP contribution in [0.5, 0.6) is 0 Å². The maximum absolute atomic E-state index is 4.54. The molecule has 0 radical (unpaired) electrons. The van der Waals surface area contributed by atoms with E-state index in [1.54, 1.807) is 5.57 Å². The summed E-state index contributed by atoms with van der Waals surface area (Å²) in [6.07, 6.45) is 6.14. The Labute approximate surface area is 99.2 Å². The van der Waals surface area contributed by atoms with E-state index in [4.69, 9.17) is 0 Å². The first kappa shape index (κ1) is 11.8. The minimum atomic E-state index is 0.389. The van der Waals surface area contributed by atoms with Crippen LogP contribution in [-0.4, -0.2) is 12.6 Å². The highest BCUT2D eigenvalue weighted by Crippen LogP contribution is 2.46. The molecule has 0 aromatic rings. The summed E-state index contributed by atoms with van der Waals surface area (Å²) in [5, 5.41) is 8.83. The van der Waals surface area contributed by atoms with Crippen LogP contribution in [0.15, 0.2) is 21.9 Å². The van der Waals surface area contributed by atoms with Crippen molar-refractivity contribution in [3.63, 3.8) is 0 Å². The molecule has 0 fully saturated rings. The zero-order chi connectivity index (χ0) is 11.8. The van der Waals surface area contributed by atoms with Gasteiger partial charge in [0.05, 0.1) is 12.6 Å². The standard InChI is InChI=1S/C14H24N2/c1-5-11-9-15-16-13(11)12-10(2)7-6-8-14(12,3)4/h7,11-13H,5-6,8-9H2,1-4H3. The van der Waals surface area contributed by atoms with Crippen molar-refractivity contribution in [2.75, 3.05) is 6.54 Å². The van der Waals surface area contributed by atoms with E-state index in [0.717, 1.165) is 6.54 Å². The number of nitrogens with zero attached hydrogens (tertiary/aromatic N) is 2. The number of hydrogen-bond donors (Lipinski definition) is 0. The smallest absolute Gasteiger partial charge is 0.0824 e. The summed E-state index contributed by atoms with van der Waals surface area (Å²) in [4.78, 5) is 0. The molecule has 90 valence electrons. The summed E-state index contributed by atoms with van der Waals surface area (Å²) in [5.74, 6) is 1.28. The molecule has 0 spiro atoms. The van der Waals surface area contributed by atoms with Crippen LogP contribution in [0.4, 0.5) is 0 Å². The third-order valence-electron chi connectivity index (χ3n) is 4.47. The molecule has 1 heterocycles. The third kappa shape index (κ3) is 1.94. The Bertz CT molecular complexity index is 315. The first-order valence-corrected chi connectivity index (χ1v) is 6.59. The van der Waals surface area contributed by atoms with Crippen LogP contribution in [0.1, 0.15) is 47.0 Å². The fourth-order valence-corrected chi connectivity index (χ4v) is 3.46. The van der Waals surface area contributed by atoms with E-state index < -0.39 is 0 Å². The molecular formula is C14H24N2. The van der Waals surface area contributed by atoms with Gasteiger partial charge < -0.3 is 0 Å². The molecule has 0 saturated heterocycles. The molecule has 1 aliphatic carbocycles. The molecule has 1 aliphatic heterocycles. The van der Waals surface area contributed by atoms with E-state index >= 15 is 0 Å². The average Bonchev–Trinajstić information content (AvgIpc) is 2.64. The topological polar surface area (TPSA) is 24.7 Å². The lowest BCUT2D eigenvalue weighted by Gasteiger charge is -2.42. The molecule has 2 aliphatic rings. The van der Waals surface area contributed by atoms with Gasteiger partial charge in [0.25, 0.3) is 0 Å². The Morgan fingerprint density at radius 3 is 2.81 bits per heavy atom. The Balaban J connectivity index is 2.26. The molecule has 2 rings (SSSR count). The Hall–Kier alpha value is -0.660. The maximum atomic E-state index is 4.54. The lowest BCUT2D eigenvalue weighted by Crippen LogP contribution is -2.39. The molecular weight excluding hydrogens is 196 g/mol. The first-order valence-electron chi connectivity index (χ1n) is 6.59. The van der Waals surface area contributed by atoms with Crippen LogP contribution >= 0.6 is 0 Å². The molecule has 0 amide bonds. The highest BCUT2D eigenvalue weighted by Gasteiger charge is 2.42. The summed E-state index contributed by atoms with van der Waals surface area (Å²) in [6.45, 7) is 10.3. The van der Waals surface area contributed by atoms with Crippen molar-refractivity contribution in [3.05, 3.63) is 11.6 Å². The maximum Gasteiger partial charge on any atom is 0.0824 e. The zero-order valence-corrected chi connectivity index (χ0v) is 11.0. The summed E-state index contributed by atoms with van der Waals surface area (Å²) in [7, 11) is 0. The van der Waals surface area contributed by atoms with Crippen molar-refractivity contribution >= 4 is 0 Å². The normalized spacial score (nSPS) is 37.5. The van der Waals surface area contributed by atoms with Gasteiger partial charge >= 0.3 is 0 Å². The van der Waals surface area contributed by atoms with Crippen LogP contribution in [0.3, 0.4) is 0 Å². The van der Waals surface area contributed by atoms with Gasteiger partial charge in [0, 0.05) is 11.8 Å². The Morgan fingerprint density at radius 2 is 2.19 bits per heavy atom. The number of allylic oxidation sites excluding steroid dienone is 1. The van der Waals surface area contributed by atoms with Gasteiger partial charge in [-0.05, 0) is 31.6 Å². The molecule has 0 aromatic carbocycles. The molecule has 3 atom stereocenters. The summed E-state index contributed by atoms with van der Waals surface area (Å²) < 4.78 is 0. The molecule has 2 heteroatoms. The number of rotatable bonds is 2. The van der Waals surface area contributed by atoms with Gasteiger partial charge in [-0.3, -0.25) is 0 Å². The largest absolute Gasteiger partial charge is 0.194 e. The minimum Gasteiger partial charge on any atom is -0.194 e. The molecule has 2 nitrogen and oxygen atoms in total. The van der Waals surface area contributed by atoms with Gasteiger partial charge in [0.1, 0.15) is 0 Å². The zero-order valence-electron chi connectivity index (χ0n) is 11.0. The van der Waals surface area contributed by atoms with Crippen molar-refractivity contribution in [2.45, 2.75) is 53.0 Å². The van der Waals surface area contributed by atoms with Gasteiger partial charge in [-0.1, -0.05) is 32.4 Å². The highest BCUT2D eigenvalue weighted by atomic mass is 15.2. The number of hydrogen-bond acceptors (Lipinski definition) is 2. The lowest BCUT2D eigenvalue weighted by atomic mass is 9.63. The van der Waals surface area contributed by atoms with Gasteiger partial charge in [-0.2, -0.15) is 10.2 Å². The van der Waals surface area contributed by atoms with Crippen LogP contribution in [0.25, 0.3) is 0 Å². The highest BCUT2D eigenvalue weighted by molar-refractivity contribution is 5.16. The molecule has 16 heavy (non-hydrogen) atoms. The SMILES string of the molecule is CCC1CN=NC1C1C(C)=CCCC1(C)C. The van der Waals surface area contributed by atoms with Crippen LogP contribution in [0, 0.1) is 17.3 Å². The van der Waals surface area contributed by atoms with Crippen molar-refractivity contribution in [1.29, 1.82) is 0 Å². The van der Waals surface area contributed by atoms with Crippen molar-refractivity contribution in [3.8, 4) is 0 Å². The minimum absolute atomic E-state index is 0.389. The van der Waals surface area contributed by atoms with Crippen molar-refractivity contribution in [1.82, 2.24) is 0 Å². The predicted octanol–water partition coefficient (Wildman–Crippen LogP) is 4.23. The van der Waals surface area contributed by atoms with Gasteiger partial charge in [0.15, 0.2) is 0 Å². The molecule has 0 aromatic heterocycles. The summed E-state index contributed by atoms with van der Waals surface area (Å²) >= 11 is 0. The van der Waals surface area contributed by atoms with E-state index in [9.17, 15) is 0 Å². The number of azo groups is 1. The van der Waals surface area contributed by atoms with Crippen molar-refractivity contribution < 1.29 is 0 Å². The second-order valence-corrected chi connectivity index (χ2v) is 6.05. The Kier molecular flexibility index (Phi) is 3.18. The molecule has 0 saturated carbocycles.